The summed E-state index contributed by atoms with van der Waals surface area (Å²) < 4.78 is 61.5. The number of hydrogen-bond donors (Lipinski definition) is 7. The number of para-hydroxylation sites is 1. The number of unbranched alkanes of at least 4 members (excludes halogenated alkanes) is 2. The first-order chi connectivity index (χ1) is 50.0. The number of hydrogen-bond acceptors (Lipinski definition) is 20. The summed E-state index contributed by atoms with van der Waals surface area (Å²) in [5, 5.41) is 44.8. The van der Waals surface area contributed by atoms with Crippen LogP contribution in [0.3, 0.4) is 0 Å². The van der Waals surface area contributed by atoms with Crippen LogP contribution in [0.15, 0.2) is 97.2 Å². The first-order valence-electron chi connectivity index (χ1n) is 35.4. The topological polar surface area (TPSA) is 378 Å². The maximum Gasteiger partial charge on any atom is 0.410 e. The van der Waals surface area contributed by atoms with Gasteiger partial charge in [-0.25, -0.2) is 24.4 Å². The number of aromatic nitrogens is 4. The number of nitrogens with zero attached hydrogens (tertiary/aromatic N) is 7. The lowest BCUT2D eigenvalue weighted by molar-refractivity contribution is -0.198. The molecule has 6 aromatic rings. The van der Waals surface area contributed by atoms with Crippen LogP contribution in [-0.4, -0.2) is 181 Å². The Kier molecular flexibility index (Phi) is 23.7. The number of aliphatic hydroxyl groups is 1. The molecule has 6 amide bonds. The Bertz CT molecular complexity index is 4420. The molecule has 6 heterocycles. The number of carboxylic acid groups (broad SMARTS) is 2. The molecular weight excluding hydrogens is 1390 g/mol. The number of carbonyl (C=O) groups excluding carboxylic acids is 6. The fourth-order valence-electron chi connectivity index (χ4n) is 16.2. The van der Waals surface area contributed by atoms with Crippen LogP contribution in [-0.2, 0) is 67.8 Å². The third-order valence-electron chi connectivity index (χ3n) is 20.2. The molecule has 3 aromatic carbocycles. The maximum absolute atomic E-state index is 14.0. The molecule has 30 heteroatoms. The quantitative estimate of drug-likeness (QED) is 0.0121. The lowest BCUT2D eigenvalue weighted by Crippen LogP contribution is -2.58. The monoisotopic (exact) mass is 1480 g/mol. The van der Waals surface area contributed by atoms with Crippen molar-refractivity contribution < 1.29 is 85.6 Å². The zero-order valence-corrected chi connectivity index (χ0v) is 61.1. The highest BCUT2D eigenvalue weighted by Gasteiger charge is 2.59. The Balaban J connectivity index is 0.727. The van der Waals surface area contributed by atoms with Gasteiger partial charge in [-0.05, 0) is 146 Å². The molecule has 3 aromatic heterocycles. The molecule has 6 atom stereocenters. The van der Waals surface area contributed by atoms with Gasteiger partial charge in [-0.3, -0.25) is 43.4 Å². The minimum absolute atomic E-state index is 0.00995. The molecule has 28 nitrogen and oxygen atoms in total. The molecule has 1 saturated heterocycles. The fourth-order valence-corrected chi connectivity index (χ4v) is 17.5. The number of carbonyl (C=O) groups is 8. The third kappa shape index (κ3) is 19.4. The van der Waals surface area contributed by atoms with Gasteiger partial charge in [-0.1, -0.05) is 81.9 Å². The van der Waals surface area contributed by atoms with Crippen LogP contribution < -0.4 is 25.6 Å². The standard InChI is InChI=1S/C75H90N10O18S2/c1-6-74(46-85-47(2)53(39-77-85)51-21-23-60(80-66(51)69(94)95)83-30-27-49-15-12-16-52(54(49)40-83)67(91)81-70-79-55-17-9-10-18-59(55)104-70)43-73(5)41-72(3,4)42-75(44-73,45-74)101-34-31-82(32-35-105(97,98)99)71(96)100-33-13-14-48-20-22-57(102-65-38-50(86)37-58(103-65)68(92)93)56(36-48)78-62(88)26-28-76-61(87)19-8-7-11-29-84-63(89)24-25-64(84)90/h9-10,12-18,20-25,36,39,50,58,65,86H,6-8,11,19,26-35,37-38,40-46H2,1-5H3,(H,76,87)(H,78,88)(H,92,93)(H,94,95)(H,79,81,91)(H,97,98,99)/b14-13+/t50-,58-,65+,73?,74?,75?/m0/s1. The first kappa shape index (κ1) is 76.7. The first-order valence-corrected chi connectivity index (χ1v) is 37.8. The van der Waals surface area contributed by atoms with Gasteiger partial charge >= 0.3 is 18.0 Å². The second-order valence-electron chi connectivity index (χ2n) is 29.2. The van der Waals surface area contributed by atoms with Crippen molar-refractivity contribution in [1.29, 1.82) is 0 Å². The Labute approximate surface area is 612 Å². The SMILES string of the molecule is CCC1(Cn2ncc(-c3ccc(N4CCc5cccc(C(=O)Nc6nc7ccccc7s6)c5C4)nc3C(=O)O)c2C)CC2(C)CC(C)(C)CC(OCCN(CCS(=O)(=O)O)C(=O)OC/C=C/c3ccc(O[C@H]4C[C@@H](O)C[C@@H](C(=O)O)O4)c(NC(=O)CCNC(=O)CCCCCN4C(=O)C=CC4=O)c3)(C2)C1. The number of amides is 6. The van der Waals surface area contributed by atoms with E-state index in [9.17, 15) is 66.6 Å². The van der Waals surface area contributed by atoms with Crippen molar-refractivity contribution in [3.63, 3.8) is 0 Å². The fraction of sp³-hybridized carbons (Fsp3) is 0.480. The summed E-state index contributed by atoms with van der Waals surface area (Å²) in [5.74, 6) is -4.61. The lowest BCUT2D eigenvalue weighted by Gasteiger charge is -2.62. The molecule has 2 aliphatic carbocycles. The Hall–Kier alpha value is -9.46. The third-order valence-corrected chi connectivity index (χ3v) is 21.9. The van der Waals surface area contributed by atoms with E-state index >= 15 is 0 Å². The number of ether oxygens (including phenoxy) is 4. The van der Waals surface area contributed by atoms with E-state index in [0.717, 1.165) is 51.2 Å². The van der Waals surface area contributed by atoms with Crippen molar-refractivity contribution in [3.05, 3.63) is 131 Å². The molecule has 0 spiro atoms. The lowest BCUT2D eigenvalue weighted by atomic mass is 9.47. The van der Waals surface area contributed by atoms with Crippen LogP contribution in [0.25, 0.3) is 27.4 Å². The number of aliphatic carboxylic acids is 1. The molecular formula is C75H90N10O18S2. The van der Waals surface area contributed by atoms with Crippen molar-refractivity contribution in [2.24, 2.45) is 16.2 Å². The van der Waals surface area contributed by atoms with Crippen LogP contribution >= 0.6 is 11.3 Å². The normalized spacial score (nSPS) is 22.0. The molecule has 3 fully saturated rings. The molecule has 0 radical (unpaired) electrons. The minimum Gasteiger partial charge on any atom is -0.479 e. The Morgan fingerprint density at radius 3 is 2.40 bits per heavy atom. The smallest absolute Gasteiger partial charge is 0.410 e. The number of aliphatic hydroxyl groups excluding tert-OH is 1. The predicted octanol–water partition coefficient (Wildman–Crippen LogP) is 9.84. The summed E-state index contributed by atoms with van der Waals surface area (Å²) in [7, 11) is -4.54. The molecule has 560 valence electrons. The van der Waals surface area contributed by atoms with Gasteiger partial charge in [0.1, 0.15) is 18.2 Å². The maximum atomic E-state index is 14.0. The minimum atomic E-state index is -4.54. The largest absolute Gasteiger partial charge is 0.479 e. The Morgan fingerprint density at radius 2 is 1.65 bits per heavy atom. The highest BCUT2D eigenvalue weighted by atomic mass is 32.2. The van der Waals surface area contributed by atoms with Crippen LogP contribution in [0.1, 0.15) is 154 Å². The van der Waals surface area contributed by atoms with E-state index in [4.69, 9.17) is 29.0 Å². The number of nitrogens with one attached hydrogen (secondary N) is 3. The molecule has 7 N–H and O–H groups in total. The van der Waals surface area contributed by atoms with Gasteiger partial charge in [0.25, 0.3) is 27.8 Å². The number of thiazole rings is 1. The molecule has 2 bridgehead atoms. The van der Waals surface area contributed by atoms with Crippen molar-refractivity contribution in [1.82, 2.24) is 34.9 Å². The molecule has 11 rings (SSSR count). The van der Waals surface area contributed by atoms with E-state index in [0.29, 0.717) is 97.8 Å². The number of rotatable bonds is 31. The number of fused-ring (bicyclic) bond motifs is 4. The van der Waals surface area contributed by atoms with Gasteiger partial charge < -0.3 is 54.7 Å². The van der Waals surface area contributed by atoms with Crippen molar-refractivity contribution in [3.8, 4) is 16.9 Å². The second-order valence-corrected chi connectivity index (χ2v) is 31.8. The summed E-state index contributed by atoms with van der Waals surface area (Å²) in [6.45, 7) is 11.5. The summed E-state index contributed by atoms with van der Waals surface area (Å²) in [4.78, 5) is 116. The zero-order chi connectivity index (χ0) is 75.0. The van der Waals surface area contributed by atoms with Crippen molar-refractivity contribution in [2.75, 3.05) is 67.2 Å². The van der Waals surface area contributed by atoms with Gasteiger partial charge in [0.2, 0.25) is 18.1 Å². The van der Waals surface area contributed by atoms with E-state index in [-0.39, 0.29) is 116 Å². The van der Waals surface area contributed by atoms with Gasteiger partial charge in [0.15, 0.2) is 16.9 Å². The van der Waals surface area contributed by atoms with E-state index in [2.05, 4.69) is 48.6 Å². The molecule has 3 aliphatic heterocycles. The number of benzene rings is 3. The summed E-state index contributed by atoms with van der Waals surface area (Å²) in [6, 6.07) is 21.5. The second kappa shape index (κ2) is 32.5. The zero-order valence-electron chi connectivity index (χ0n) is 59.5. The van der Waals surface area contributed by atoms with Gasteiger partial charge in [0.05, 0.1) is 46.2 Å². The molecule has 105 heavy (non-hydrogen) atoms. The summed E-state index contributed by atoms with van der Waals surface area (Å²) >= 11 is 1.39. The van der Waals surface area contributed by atoms with Crippen LogP contribution in [0.4, 0.5) is 21.4 Å². The highest BCUT2D eigenvalue weighted by Crippen LogP contribution is 2.64. The van der Waals surface area contributed by atoms with E-state index in [1.807, 2.05) is 59.0 Å². The number of pyridine rings is 1. The average molecular weight is 1480 g/mol. The number of imide groups is 1. The average Bonchev–Trinajstić information content (AvgIpc) is 1.14. The van der Waals surface area contributed by atoms with Crippen LogP contribution in [0.2, 0.25) is 0 Å². The van der Waals surface area contributed by atoms with Gasteiger partial charge in [-0.15, -0.1) is 0 Å². The predicted molar refractivity (Wildman–Crippen MR) is 390 cm³/mol. The Morgan fingerprint density at radius 1 is 0.857 bits per heavy atom. The molecule has 5 aliphatic rings. The van der Waals surface area contributed by atoms with Crippen molar-refractivity contribution in [2.45, 2.75) is 162 Å². The number of aromatic carboxylic acids is 1. The van der Waals surface area contributed by atoms with E-state index in [1.165, 1.54) is 46.6 Å². The van der Waals surface area contributed by atoms with E-state index in [1.54, 1.807) is 30.5 Å². The van der Waals surface area contributed by atoms with Gasteiger partial charge in [-0.2, -0.15) is 13.5 Å². The highest BCUT2D eigenvalue weighted by molar-refractivity contribution is 7.85. The summed E-state index contributed by atoms with van der Waals surface area (Å²) in [6.07, 6.45) is 9.17. The number of carboxylic acids is 2. The summed E-state index contributed by atoms with van der Waals surface area (Å²) in [5.41, 5.74) is 3.95. The molecule has 2 saturated carbocycles. The van der Waals surface area contributed by atoms with Crippen LogP contribution in [0, 0.1) is 23.2 Å². The van der Waals surface area contributed by atoms with E-state index < -0.39 is 70.5 Å². The van der Waals surface area contributed by atoms with Crippen molar-refractivity contribution >= 4 is 102 Å². The van der Waals surface area contributed by atoms with Gasteiger partial charge in [0, 0.05) is 106 Å². The van der Waals surface area contributed by atoms with Crippen LogP contribution in [0.5, 0.6) is 5.75 Å². The molecule has 3 unspecified atom stereocenters. The number of anilines is 3.